The van der Waals surface area contributed by atoms with Crippen molar-refractivity contribution in [1.82, 2.24) is 9.78 Å². The Hall–Kier alpha value is -1.82. The zero-order chi connectivity index (χ0) is 15.0. The van der Waals surface area contributed by atoms with Gasteiger partial charge >= 0.3 is 0 Å². The van der Waals surface area contributed by atoms with E-state index in [9.17, 15) is 0 Å². The van der Waals surface area contributed by atoms with Gasteiger partial charge in [-0.05, 0) is 39.0 Å². The predicted octanol–water partition coefficient (Wildman–Crippen LogP) is 3.28. The Morgan fingerprint density at radius 1 is 1.24 bits per heavy atom. The van der Waals surface area contributed by atoms with Gasteiger partial charge in [-0.25, -0.2) is 0 Å². The van der Waals surface area contributed by atoms with Crippen molar-refractivity contribution >= 4 is 17.4 Å². The van der Waals surface area contributed by atoms with E-state index in [0.29, 0.717) is 13.2 Å². The van der Waals surface area contributed by atoms with Crippen LogP contribution < -0.4 is 15.2 Å². The third-order valence-corrected chi connectivity index (χ3v) is 4.39. The van der Waals surface area contributed by atoms with Gasteiger partial charge in [-0.2, -0.15) is 5.10 Å². The lowest BCUT2D eigenvalue weighted by molar-refractivity contribution is 0.171. The van der Waals surface area contributed by atoms with Gasteiger partial charge in [-0.3, -0.25) is 4.68 Å². The highest BCUT2D eigenvalue weighted by atomic mass is 32.2. The molecule has 3 rings (SSSR count). The first-order chi connectivity index (χ1) is 10.1. The Labute approximate surface area is 128 Å². The molecule has 1 aliphatic heterocycles. The smallest absolute Gasteiger partial charge is 0.162 e. The molecule has 112 valence electrons. The first kappa shape index (κ1) is 14.1. The lowest BCUT2D eigenvalue weighted by atomic mass is 10.3. The Kier molecular flexibility index (Phi) is 3.71. The van der Waals surface area contributed by atoms with E-state index in [0.717, 1.165) is 32.8 Å². The fraction of sp³-hybridized carbons (Fsp3) is 0.400. The number of rotatable bonds is 3. The van der Waals surface area contributed by atoms with Crippen LogP contribution in [-0.4, -0.2) is 23.0 Å². The molecule has 0 saturated heterocycles. The molecule has 6 heteroatoms. The monoisotopic (exact) mass is 305 g/mol. The van der Waals surface area contributed by atoms with Crippen LogP contribution in [0, 0.1) is 6.92 Å². The number of aryl methyl sites for hydroxylation is 1. The molecule has 21 heavy (non-hydrogen) atoms. The van der Waals surface area contributed by atoms with E-state index in [1.807, 2.05) is 29.8 Å². The highest BCUT2D eigenvalue weighted by Crippen LogP contribution is 2.39. The first-order valence-corrected chi connectivity index (χ1v) is 7.80. The molecule has 2 aromatic rings. The highest BCUT2D eigenvalue weighted by molar-refractivity contribution is 7.99. The van der Waals surface area contributed by atoms with Crippen LogP contribution in [0.4, 0.5) is 5.69 Å². The quantitative estimate of drug-likeness (QED) is 0.943. The van der Waals surface area contributed by atoms with E-state index in [1.54, 1.807) is 11.8 Å². The molecule has 0 aliphatic carbocycles. The SMILES string of the molecule is Cc1nn(C(C)C)c(Sc2ccc3c(c2)OCCO3)c1N. The Morgan fingerprint density at radius 3 is 2.67 bits per heavy atom. The summed E-state index contributed by atoms with van der Waals surface area (Å²) < 4.78 is 13.1. The van der Waals surface area contributed by atoms with E-state index < -0.39 is 0 Å². The number of hydrogen-bond donors (Lipinski definition) is 1. The first-order valence-electron chi connectivity index (χ1n) is 6.98. The molecule has 0 radical (unpaired) electrons. The van der Waals surface area contributed by atoms with E-state index in [4.69, 9.17) is 15.2 Å². The Morgan fingerprint density at radius 2 is 1.95 bits per heavy atom. The van der Waals surface area contributed by atoms with Crippen LogP contribution in [0.3, 0.4) is 0 Å². The molecule has 0 spiro atoms. The van der Waals surface area contributed by atoms with Crippen molar-refractivity contribution in [2.75, 3.05) is 18.9 Å². The fourth-order valence-corrected chi connectivity index (χ4v) is 3.32. The van der Waals surface area contributed by atoms with Gasteiger partial charge in [0.25, 0.3) is 0 Å². The molecule has 0 unspecified atom stereocenters. The summed E-state index contributed by atoms with van der Waals surface area (Å²) in [4.78, 5) is 1.06. The molecular formula is C15H19N3O2S. The van der Waals surface area contributed by atoms with Gasteiger partial charge in [-0.1, -0.05) is 11.8 Å². The minimum Gasteiger partial charge on any atom is -0.486 e. The van der Waals surface area contributed by atoms with Crippen LogP contribution in [0.5, 0.6) is 11.5 Å². The van der Waals surface area contributed by atoms with Crippen LogP contribution in [0.15, 0.2) is 28.1 Å². The molecular weight excluding hydrogens is 286 g/mol. The third kappa shape index (κ3) is 2.68. The Bertz CT molecular complexity index is 667. The Balaban J connectivity index is 1.93. The number of nitrogen functional groups attached to an aromatic ring is 1. The van der Waals surface area contributed by atoms with E-state index in [1.165, 1.54) is 0 Å². The van der Waals surface area contributed by atoms with Gasteiger partial charge in [0.15, 0.2) is 11.5 Å². The summed E-state index contributed by atoms with van der Waals surface area (Å²) in [5.74, 6) is 1.59. The largest absolute Gasteiger partial charge is 0.486 e. The maximum atomic E-state index is 6.17. The van der Waals surface area contributed by atoms with Gasteiger partial charge < -0.3 is 15.2 Å². The van der Waals surface area contributed by atoms with Crippen molar-refractivity contribution in [2.45, 2.75) is 36.7 Å². The average Bonchev–Trinajstić information content (AvgIpc) is 2.76. The summed E-state index contributed by atoms with van der Waals surface area (Å²) in [6.45, 7) is 7.32. The van der Waals surface area contributed by atoms with Crippen LogP contribution in [-0.2, 0) is 0 Å². The standard InChI is InChI=1S/C15H19N3O2S/c1-9(2)18-15(14(16)10(3)17-18)21-11-4-5-12-13(8-11)20-7-6-19-12/h4-5,8-9H,6-7,16H2,1-3H3. The van der Waals surface area contributed by atoms with Crippen LogP contribution >= 0.6 is 11.8 Å². The number of benzene rings is 1. The van der Waals surface area contributed by atoms with Gasteiger partial charge in [-0.15, -0.1) is 0 Å². The van der Waals surface area contributed by atoms with E-state index >= 15 is 0 Å². The lowest BCUT2D eigenvalue weighted by Crippen LogP contribution is -2.15. The summed E-state index contributed by atoms with van der Waals surface area (Å²) >= 11 is 1.60. The lowest BCUT2D eigenvalue weighted by Gasteiger charge is -2.19. The van der Waals surface area contributed by atoms with Crippen LogP contribution in [0.25, 0.3) is 0 Å². The summed E-state index contributed by atoms with van der Waals surface area (Å²) in [5, 5.41) is 5.48. The number of anilines is 1. The fourth-order valence-electron chi connectivity index (χ4n) is 2.19. The molecule has 2 N–H and O–H groups in total. The second kappa shape index (κ2) is 5.52. The number of aromatic nitrogens is 2. The number of ether oxygens (including phenoxy) is 2. The summed E-state index contributed by atoms with van der Waals surface area (Å²) in [6, 6.07) is 6.22. The molecule has 0 saturated carbocycles. The average molecular weight is 305 g/mol. The molecule has 0 bridgehead atoms. The maximum Gasteiger partial charge on any atom is 0.162 e. The van der Waals surface area contributed by atoms with E-state index in [-0.39, 0.29) is 6.04 Å². The van der Waals surface area contributed by atoms with Gasteiger partial charge in [0.1, 0.15) is 18.2 Å². The maximum absolute atomic E-state index is 6.17. The van der Waals surface area contributed by atoms with Gasteiger partial charge in [0.05, 0.1) is 11.4 Å². The van der Waals surface area contributed by atoms with Gasteiger partial charge in [0.2, 0.25) is 0 Å². The van der Waals surface area contributed by atoms with Crippen molar-refractivity contribution in [3.63, 3.8) is 0 Å². The molecule has 1 aromatic carbocycles. The van der Waals surface area contributed by atoms with Crippen LogP contribution in [0.1, 0.15) is 25.6 Å². The second-order valence-corrected chi connectivity index (χ2v) is 6.31. The number of nitrogens with zero attached hydrogens (tertiary/aromatic N) is 2. The number of hydrogen-bond acceptors (Lipinski definition) is 5. The molecule has 0 fully saturated rings. The van der Waals surface area contributed by atoms with E-state index in [2.05, 4.69) is 18.9 Å². The molecule has 2 heterocycles. The van der Waals surface area contributed by atoms with Crippen molar-refractivity contribution in [3.8, 4) is 11.5 Å². The summed E-state index contributed by atoms with van der Waals surface area (Å²) in [5.41, 5.74) is 7.77. The topological polar surface area (TPSA) is 62.3 Å². The van der Waals surface area contributed by atoms with Crippen molar-refractivity contribution in [3.05, 3.63) is 23.9 Å². The van der Waals surface area contributed by atoms with Crippen LogP contribution in [0.2, 0.25) is 0 Å². The van der Waals surface area contributed by atoms with Gasteiger partial charge in [0, 0.05) is 10.9 Å². The van der Waals surface area contributed by atoms with Crippen molar-refractivity contribution in [2.24, 2.45) is 0 Å². The van der Waals surface area contributed by atoms with Crippen molar-refractivity contribution < 1.29 is 9.47 Å². The molecule has 5 nitrogen and oxygen atoms in total. The minimum absolute atomic E-state index is 0.265. The second-order valence-electron chi connectivity index (χ2n) is 5.25. The molecule has 0 atom stereocenters. The number of nitrogens with two attached hydrogens (primary N) is 1. The zero-order valence-electron chi connectivity index (χ0n) is 12.4. The molecule has 1 aliphatic rings. The number of fused-ring (bicyclic) bond motifs is 1. The molecule has 0 amide bonds. The summed E-state index contributed by atoms with van der Waals surface area (Å²) in [6.07, 6.45) is 0. The molecule has 1 aromatic heterocycles. The third-order valence-electron chi connectivity index (χ3n) is 3.30. The minimum atomic E-state index is 0.265. The predicted molar refractivity (Wildman–Crippen MR) is 83.3 cm³/mol. The van der Waals surface area contributed by atoms with Crippen molar-refractivity contribution in [1.29, 1.82) is 0 Å². The highest BCUT2D eigenvalue weighted by Gasteiger charge is 2.18. The normalized spacial score (nSPS) is 13.7. The summed E-state index contributed by atoms with van der Waals surface area (Å²) in [7, 11) is 0. The zero-order valence-corrected chi connectivity index (χ0v) is 13.2.